The number of rotatable bonds is 9. The van der Waals surface area contributed by atoms with Crippen molar-refractivity contribution in [3.8, 4) is 0 Å². The first kappa shape index (κ1) is 24.9. The van der Waals surface area contributed by atoms with E-state index < -0.39 is 5.92 Å². The highest BCUT2D eigenvalue weighted by Crippen LogP contribution is 2.33. The van der Waals surface area contributed by atoms with E-state index in [-0.39, 0.29) is 23.2 Å². The average molecular weight is 500 g/mol. The van der Waals surface area contributed by atoms with E-state index in [4.69, 9.17) is 0 Å². The molecular formula is C29H30FN5O2. The lowest BCUT2D eigenvalue weighted by Gasteiger charge is -2.23. The summed E-state index contributed by atoms with van der Waals surface area (Å²) in [6.45, 7) is 3.76. The third kappa shape index (κ3) is 6.14. The summed E-state index contributed by atoms with van der Waals surface area (Å²) in [5, 5.41) is 2.92. The van der Waals surface area contributed by atoms with Gasteiger partial charge in [0.1, 0.15) is 11.5 Å². The molecule has 1 saturated heterocycles. The zero-order chi connectivity index (χ0) is 25.6. The standard InChI is InChI=1S/C29H30FN5O2/c30-22-11-9-21(10-12-22)17-23-26-28(34-24(27(23)36)18-20-7-2-1-3-8-20)32-19-25(33-26)29(37)31-13-6-16-35-14-4-5-15-35/h1-3,7-12,19,23H,4-6,13-18H2,(H,31,37). The number of likely N-dealkylation sites (tertiary alicyclic amines) is 1. The Morgan fingerprint density at radius 1 is 1.03 bits per heavy atom. The number of halogens is 1. The molecule has 0 saturated carbocycles. The van der Waals surface area contributed by atoms with Crippen LogP contribution in [-0.4, -0.2) is 58.4 Å². The molecule has 2 aromatic carbocycles. The molecule has 8 heteroatoms. The van der Waals surface area contributed by atoms with Gasteiger partial charge in [-0.05, 0) is 68.6 Å². The molecule has 7 nitrogen and oxygen atoms in total. The van der Waals surface area contributed by atoms with Gasteiger partial charge < -0.3 is 10.2 Å². The molecule has 0 radical (unpaired) electrons. The number of hydrogen-bond acceptors (Lipinski definition) is 6. The van der Waals surface area contributed by atoms with Crippen LogP contribution >= 0.6 is 0 Å². The van der Waals surface area contributed by atoms with Crippen LogP contribution in [0, 0.1) is 5.82 Å². The average Bonchev–Trinajstić information content (AvgIpc) is 3.44. The van der Waals surface area contributed by atoms with Gasteiger partial charge in [-0.25, -0.2) is 19.4 Å². The number of fused-ring (bicyclic) bond motifs is 1. The molecule has 0 spiro atoms. The van der Waals surface area contributed by atoms with E-state index in [0.717, 1.165) is 37.2 Å². The van der Waals surface area contributed by atoms with Gasteiger partial charge in [-0.3, -0.25) is 9.59 Å². The number of ketones is 1. The van der Waals surface area contributed by atoms with Gasteiger partial charge in [-0.2, -0.15) is 0 Å². The summed E-state index contributed by atoms with van der Waals surface area (Å²) in [7, 11) is 0. The first-order valence-electron chi connectivity index (χ1n) is 12.8. The minimum atomic E-state index is -0.660. The van der Waals surface area contributed by atoms with E-state index >= 15 is 0 Å². The van der Waals surface area contributed by atoms with Crippen molar-refractivity contribution >= 4 is 23.2 Å². The lowest BCUT2D eigenvalue weighted by atomic mass is 9.86. The summed E-state index contributed by atoms with van der Waals surface area (Å²) in [6, 6.07) is 15.7. The predicted molar refractivity (Wildman–Crippen MR) is 140 cm³/mol. The molecule has 1 amide bonds. The van der Waals surface area contributed by atoms with Crippen LogP contribution in [0.1, 0.15) is 52.5 Å². The molecule has 1 fully saturated rings. The fourth-order valence-electron chi connectivity index (χ4n) is 4.90. The highest BCUT2D eigenvalue weighted by atomic mass is 19.1. The van der Waals surface area contributed by atoms with Crippen molar-refractivity contribution in [2.24, 2.45) is 4.99 Å². The van der Waals surface area contributed by atoms with Crippen molar-refractivity contribution in [3.63, 3.8) is 0 Å². The number of amides is 1. The summed E-state index contributed by atoms with van der Waals surface area (Å²) in [4.78, 5) is 42.4. The fourth-order valence-corrected chi connectivity index (χ4v) is 4.90. The number of nitrogens with zero attached hydrogens (tertiary/aromatic N) is 4. The summed E-state index contributed by atoms with van der Waals surface area (Å²) >= 11 is 0. The van der Waals surface area contributed by atoms with Crippen molar-refractivity contribution < 1.29 is 14.0 Å². The first-order chi connectivity index (χ1) is 18.1. The zero-order valence-electron chi connectivity index (χ0n) is 20.7. The van der Waals surface area contributed by atoms with E-state index in [0.29, 0.717) is 36.6 Å². The Morgan fingerprint density at radius 3 is 2.54 bits per heavy atom. The molecule has 3 heterocycles. The summed E-state index contributed by atoms with van der Waals surface area (Å²) in [6.07, 6.45) is 5.45. The highest BCUT2D eigenvalue weighted by molar-refractivity contribution is 6.43. The maximum absolute atomic E-state index is 13.6. The Morgan fingerprint density at radius 2 is 1.78 bits per heavy atom. The van der Waals surface area contributed by atoms with Crippen LogP contribution in [0.4, 0.5) is 10.2 Å². The molecule has 0 bridgehead atoms. The SMILES string of the molecule is O=C(NCCCN1CCCC1)c1cnc2c(n1)C(Cc1ccc(F)cc1)C(=O)C(Cc1ccccc1)=N2. The monoisotopic (exact) mass is 499 g/mol. The second-order valence-electron chi connectivity index (χ2n) is 9.59. The fraction of sp³-hybridized carbons (Fsp3) is 0.345. The number of aliphatic imine (C=N–C) groups is 1. The van der Waals surface area contributed by atoms with Gasteiger partial charge in [0, 0.05) is 13.0 Å². The Bertz CT molecular complexity index is 1290. The van der Waals surface area contributed by atoms with E-state index in [9.17, 15) is 14.0 Å². The Labute approximate surface area is 215 Å². The normalized spacial score (nSPS) is 17.4. The van der Waals surface area contributed by atoms with E-state index in [1.165, 1.54) is 31.2 Å². The topological polar surface area (TPSA) is 87.5 Å². The van der Waals surface area contributed by atoms with Crippen LogP contribution < -0.4 is 5.32 Å². The third-order valence-corrected chi connectivity index (χ3v) is 6.89. The molecule has 37 heavy (non-hydrogen) atoms. The highest BCUT2D eigenvalue weighted by Gasteiger charge is 2.34. The molecule has 1 atom stereocenters. The third-order valence-electron chi connectivity index (χ3n) is 6.89. The first-order valence-corrected chi connectivity index (χ1v) is 12.8. The zero-order valence-corrected chi connectivity index (χ0v) is 20.7. The van der Waals surface area contributed by atoms with Crippen molar-refractivity contribution in [3.05, 3.63) is 89.1 Å². The van der Waals surface area contributed by atoms with Gasteiger partial charge >= 0.3 is 0 Å². The second kappa shape index (κ2) is 11.5. The molecular weight excluding hydrogens is 469 g/mol. The minimum Gasteiger partial charge on any atom is -0.351 e. The Balaban J connectivity index is 1.36. The molecule has 2 aliphatic heterocycles. The minimum absolute atomic E-state index is 0.154. The van der Waals surface area contributed by atoms with Gasteiger partial charge in [0.2, 0.25) is 0 Å². The number of carbonyl (C=O) groups excluding carboxylic acids is 2. The van der Waals surface area contributed by atoms with Crippen molar-refractivity contribution in [2.75, 3.05) is 26.2 Å². The van der Waals surface area contributed by atoms with Crippen LogP contribution in [0.5, 0.6) is 0 Å². The molecule has 0 aliphatic carbocycles. The molecule has 1 aromatic heterocycles. The summed E-state index contributed by atoms with van der Waals surface area (Å²) < 4.78 is 13.5. The van der Waals surface area contributed by atoms with Crippen molar-refractivity contribution in [1.82, 2.24) is 20.2 Å². The van der Waals surface area contributed by atoms with Gasteiger partial charge in [-0.15, -0.1) is 0 Å². The number of benzene rings is 2. The van der Waals surface area contributed by atoms with Crippen LogP contribution in [0.3, 0.4) is 0 Å². The molecule has 5 rings (SSSR count). The molecule has 1 unspecified atom stereocenters. The number of aromatic nitrogens is 2. The molecule has 1 N–H and O–H groups in total. The van der Waals surface area contributed by atoms with E-state index in [1.54, 1.807) is 12.1 Å². The number of hydrogen-bond donors (Lipinski definition) is 1. The quantitative estimate of drug-likeness (QED) is 0.449. The lowest BCUT2D eigenvalue weighted by Crippen LogP contribution is -2.32. The lowest BCUT2D eigenvalue weighted by molar-refractivity contribution is -0.114. The van der Waals surface area contributed by atoms with Gasteiger partial charge in [0.05, 0.1) is 23.5 Å². The molecule has 3 aromatic rings. The van der Waals surface area contributed by atoms with E-state index in [1.807, 2.05) is 30.3 Å². The van der Waals surface area contributed by atoms with Crippen molar-refractivity contribution in [2.45, 2.75) is 38.0 Å². The van der Waals surface area contributed by atoms with Crippen LogP contribution in [0.15, 0.2) is 65.8 Å². The van der Waals surface area contributed by atoms with Crippen LogP contribution in [-0.2, 0) is 17.6 Å². The number of carbonyl (C=O) groups is 2. The van der Waals surface area contributed by atoms with Crippen LogP contribution in [0.2, 0.25) is 0 Å². The predicted octanol–water partition coefficient (Wildman–Crippen LogP) is 4.06. The maximum atomic E-state index is 13.6. The molecule has 190 valence electrons. The smallest absolute Gasteiger partial charge is 0.271 e. The number of nitrogens with one attached hydrogen (secondary N) is 1. The summed E-state index contributed by atoms with van der Waals surface area (Å²) in [5.41, 5.74) is 2.72. The molecule has 2 aliphatic rings. The van der Waals surface area contributed by atoms with E-state index in [2.05, 4.69) is 25.2 Å². The van der Waals surface area contributed by atoms with Crippen LogP contribution in [0.25, 0.3) is 0 Å². The summed E-state index contributed by atoms with van der Waals surface area (Å²) in [5.74, 6) is -1.12. The van der Waals surface area contributed by atoms with Gasteiger partial charge in [0.15, 0.2) is 11.6 Å². The Hall–Kier alpha value is -3.78. The Kier molecular flexibility index (Phi) is 7.75. The second-order valence-corrected chi connectivity index (χ2v) is 9.59. The number of Topliss-reactive ketones (excluding diaryl/α,β-unsaturated/α-hetero) is 1. The van der Waals surface area contributed by atoms with Crippen molar-refractivity contribution in [1.29, 1.82) is 0 Å². The largest absolute Gasteiger partial charge is 0.351 e. The van der Waals surface area contributed by atoms with Gasteiger partial charge in [-0.1, -0.05) is 42.5 Å². The van der Waals surface area contributed by atoms with Gasteiger partial charge in [0.25, 0.3) is 5.91 Å². The maximum Gasteiger partial charge on any atom is 0.271 e.